The Labute approximate surface area is 126 Å². The second kappa shape index (κ2) is 6.28. The molecule has 7 heteroatoms. The molecule has 1 aromatic rings. The molecule has 1 rings (SSSR count). The molecule has 0 unspecified atom stereocenters. The summed E-state index contributed by atoms with van der Waals surface area (Å²) >= 11 is 2.09. The van der Waals surface area contributed by atoms with E-state index in [0.717, 1.165) is 3.57 Å². The lowest BCUT2D eigenvalue weighted by Crippen LogP contribution is -2.24. The van der Waals surface area contributed by atoms with Crippen molar-refractivity contribution < 1.29 is 9.35 Å². The van der Waals surface area contributed by atoms with Crippen LogP contribution in [0.2, 0.25) is 19.6 Å². The number of nitro groups is 1. The van der Waals surface area contributed by atoms with Crippen molar-refractivity contribution in [3.63, 3.8) is 0 Å². The fraction of sp³-hybridized carbons (Fsp3) is 0.250. The zero-order valence-corrected chi connectivity index (χ0v) is 14.2. The Morgan fingerprint density at radius 2 is 2.16 bits per heavy atom. The second-order valence-electron chi connectivity index (χ2n) is 4.83. The van der Waals surface area contributed by atoms with Crippen LogP contribution in [0, 0.1) is 13.7 Å². The molecule has 0 bridgehead atoms. The van der Waals surface area contributed by atoms with Crippen molar-refractivity contribution in [3.8, 4) is 0 Å². The van der Waals surface area contributed by atoms with Gasteiger partial charge in [-0.3, -0.25) is 10.1 Å². The lowest BCUT2D eigenvalue weighted by atomic mass is 10.2. The van der Waals surface area contributed by atoms with E-state index in [0.29, 0.717) is 5.56 Å². The third-order valence-electron chi connectivity index (χ3n) is 1.96. The first-order valence-electron chi connectivity index (χ1n) is 5.55. The van der Waals surface area contributed by atoms with E-state index in [1.54, 1.807) is 12.1 Å². The topological polar surface area (TPSA) is 64.7 Å². The van der Waals surface area contributed by atoms with Crippen molar-refractivity contribution in [2.45, 2.75) is 19.6 Å². The standard InChI is InChI=1S/C12H15IN2O3Si/c1-9(18-19(2,3)4)14-8-10-7-11(13)5-6-12(10)15(16)17/h5-8H,1H2,2-4H3/b14-8+. The van der Waals surface area contributed by atoms with Crippen LogP contribution in [-0.4, -0.2) is 19.5 Å². The van der Waals surface area contributed by atoms with E-state index in [9.17, 15) is 10.1 Å². The number of nitro benzene ring substituents is 1. The summed E-state index contributed by atoms with van der Waals surface area (Å²) in [4.78, 5) is 14.5. The smallest absolute Gasteiger partial charge is 0.278 e. The van der Waals surface area contributed by atoms with Crippen LogP contribution in [0.25, 0.3) is 0 Å². The zero-order valence-electron chi connectivity index (χ0n) is 11.0. The third-order valence-corrected chi connectivity index (χ3v) is 3.48. The van der Waals surface area contributed by atoms with E-state index < -0.39 is 13.2 Å². The Bertz CT molecular complexity index is 538. The molecule has 0 aliphatic carbocycles. The van der Waals surface area contributed by atoms with Crippen molar-refractivity contribution in [3.05, 3.63) is 49.9 Å². The molecule has 0 aliphatic heterocycles. The first-order chi connectivity index (χ1) is 8.69. The van der Waals surface area contributed by atoms with Crippen LogP contribution in [-0.2, 0) is 4.43 Å². The molecule has 19 heavy (non-hydrogen) atoms. The molecule has 0 heterocycles. The van der Waals surface area contributed by atoms with E-state index in [4.69, 9.17) is 4.43 Å². The largest absolute Gasteiger partial charge is 0.532 e. The monoisotopic (exact) mass is 390 g/mol. The summed E-state index contributed by atoms with van der Waals surface area (Å²) in [6, 6.07) is 4.85. The Kier molecular flexibility index (Phi) is 5.24. The maximum absolute atomic E-state index is 10.9. The highest BCUT2D eigenvalue weighted by atomic mass is 127. The van der Waals surface area contributed by atoms with Crippen molar-refractivity contribution in [1.82, 2.24) is 0 Å². The summed E-state index contributed by atoms with van der Waals surface area (Å²) < 4.78 is 6.47. The van der Waals surface area contributed by atoms with Crippen molar-refractivity contribution in [2.75, 3.05) is 0 Å². The molecule has 0 spiro atoms. The SMILES string of the molecule is C=C(/N=C/c1cc(I)ccc1[N+](=O)[O-])O[Si](C)(C)C. The van der Waals surface area contributed by atoms with E-state index in [-0.39, 0.29) is 11.6 Å². The van der Waals surface area contributed by atoms with Crippen LogP contribution in [0.15, 0.2) is 35.7 Å². The van der Waals surface area contributed by atoms with Crippen LogP contribution in [0.1, 0.15) is 5.56 Å². The second-order valence-corrected chi connectivity index (χ2v) is 10.5. The van der Waals surface area contributed by atoms with Gasteiger partial charge < -0.3 is 4.43 Å². The molecular formula is C12H15IN2O3Si. The van der Waals surface area contributed by atoms with Crippen molar-refractivity contribution in [2.24, 2.45) is 4.99 Å². The Balaban J connectivity index is 2.95. The molecule has 0 aliphatic rings. The average Bonchev–Trinajstić information content (AvgIpc) is 2.23. The van der Waals surface area contributed by atoms with Gasteiger partial charge in [-0.05, 0) is 60.9 Å². The van der Waals surface area contributed by atoms with Gasteiger partial charge >= 0.3 is 0 Å². The van der Waals surface area contributed by atoms with Crippen molar-refractivity contribution in [1.29, 1.82) is 0 Å². The highest BCUT2D eigenvalue weighted by Gasteiger charge is 2.17. The highest BCUT2D eigenvalue weighted by Crippen LogP contribution is 2.20. The minimum Gasteiger partial charge on any atom is -0.532 e. The molecule has 5 nitrogen and oxygen atoms in total. The fourth-order valence-electron chi connectivity index (χ4n) is 1.32. The molecule has 0 atom stereocenters. The van der Waals surface area contributed by atoms with Gasteiger partial charge in [-0.25, -0.2) is 4.99 Å². The first-order valence-corrected chi connectivity index (χ1v) is 10.0. The predicted octanol–water partition coefficient (Wildman–Crippen LogP) is 3.94. The lowest BCUT2D eigenvalue weighted by Gasteiger charge is -2.17. The number of halogens is 1. The number of aliphatic imine (C=N–C) groups is 1. The van der Waals surface area contributed by atoms with E-state index in [1.165, 1.54) is 12.3 Å². The third kappa shape index (κ3) is 5.51. The Morgan fingerprint density at radius 3 is 2.68 bits per heavy atom. The molecule has 0 fully saturated rings. The van der Waals surface area contributed by atoms with Gasteiger partial charge in [-0.15, -0.1) is 0 Å². The molecule has 0 N–H and O–H groups in total. The normalized spacial score (nSPS) is 11.6. The Morgan fingerprint density at radius 1 is 1.53 bits per heavy atom. The predicted molar refractivity (Wildman–Crippen MR) is 87.0 cm³/mol. The zero-order chi connectivity index (χ0) is 14.6. The lowest BCUT2D eigenvalue weighted by molar-refractivity contribution is -0.385. The van der Waals surface area contributed by atoms with Gasteiger partial charge in [0.15, 0.2) is 5.88 Å². The summed E-state index contributed by atoms with van der Waals surface area (Å²) in [5.74, 6) is 0.285. The van der Waals surface area contributed by atoms with Crippen molar-refractivity contribution >= 4 is 42.8 Å². The van der Waals surface area contributed by atoms with Crippen LogP contribution >= 0.6 is 22.6 Å². The molecule has 102 valence electrons. The van der Waals surface area contributed by atoms with E-state index in [1.807, 2.05) is 19.6 Å². The van der Waals surface area contributed by atoms with Gasteiger partial charge in [0, 0.05) is 15.9 Å². The van der Waals surface area contributed by atoms with Gasteiger partial charge in [0.05, 0.1) is 10.5 Å². The molecule has 1 aromatic carbocycles. The van der Waals surface area contributed by atoms with E-state index >= 15 is 0 Å². The summed E-state index contributed by atoms with van der Waals surface area (Å²) in [5, 5.41) is 10.9. The average molecular weight is 390 g/mol. The molecule has 0 aromatic heterocycles. The molecule has 0 saturated heterocycles. The van der Waals surface area contributed by atoms with Crippen LogP contribution < -0.4 is 0 Å². The maximum atomic E-state index is 10.9. The Hall–Kier alpha value is -1.22. The minimum atomic E-state index is -1.75. The first kappa shape index (κ1) is 15.8. The van der Waals surface area contributed by atoms with Gasteiger partial charge in [0.2, 0.25) is 8.32 Å². The van der Waals surface area contributed by atoms with Gasteiger partial charge in [-0.1, -0.05) is 0 Å². The number of rotatable bonds is 5. The number of hydrogen-bond donors (Lipinski definition) is 0. The molecular weight excluding hydrogens is 375 g/mol. The number of hydrogen-bond acceptors (Lipinski definition) is 4. The minimum absolute atomic E-state index is 0.0185. The summed E-state index contributed by atoms with van der Waals surface area (Å²) in [6.45, 7) is 9.74. The van der Waals surface area contributed by atoms with Crippen LogP contribution in [0.3, 0.4) is 0 Å². The maximum Gasteiger partial charge on any atom is 0.278 e. The van der Waals surface area contributed by atoms with Gasteiger partial charge in [0.25, 0.3) is 5.69 Å². The summed E-state index contributed by atoms with van der Waals surface area (Å²) in [7, 11) is -1.75. The molecule has 0 amide bonds. The van der Waals surface area contributed by atoms with Gasteiger partial charge in [0.1, 0.15) is 0 Å². The van der Waals surface area contributed by atoms with Crippen LogP contribution in [0.5, 0.6) is 0 Å². The summed E-state index contributed by atoms with van der Waals surface area (Å²) in [5.41, 5.74) is 0.460. The fourth-order valence-corrected chi connectivity index (χ4v) is 2.59. The number of nitrogens with zero attached hydrogens (tertiary/aromatic N) is 2. The molecule has 0 saturated carbocycles. The van der Waals surface area contributed by atoms with E-state index in [2.05, 4.69) is 34.2 Å². The molecule has 0 radical (unpaired) electrons. The highest BCUT2D eigenvalue weighted by molar-refractivity contribution is 14.1. The number of benzene rings is 1. The van der Waals surface area contributed by atoms with Crippen LogP contribution in [0.4, 0.5) is 5.69 Å². The summed E-state index contributed by atoms with van der Waals surface area (Å²) in [6.07, 6.45) is 1.42. The van der Waals surface area contributed by atoms with Gasteiger partial charge in [-0.2, -0.15) is 0 Å². The quantitative estimate of drug-likeness (QED) is 0.191.